The molecule has 212 valence electrons. The number of carbonyl (C=O) groups is 2. The molecular weight excluding hydrogens is 588 g/mol. The molecule has 3 heterocycles. The van der Waals surface area contributed by atoms with E-state index >= 15 is 0 Å². The summed E-state index contributed by atoms with van der Waals surface area (Å²) in [6.45, 7) is 2.75. The Morgan fingerprint density at radius 1 is 1.26 bits per heavy atom. The molecule has 0 aliphatic carbocycles. The predicted molar refractivity (Wildman–Crippen MR) is 137 cm³/mol. The highest BCUT2D eigenvalue weighted by molar-refractivity contribution is 7.88. The van der Waals surface area contributed by atoms with Gasteiger partial charge in [0.1, 0.15) is 5.69 Å². The number of aliphatic carboxylic acids is 1. The van der Waals surface area contributed by atoms with Crippen LogP contribution in [0.25, 0.3) is 17.0 Å². The number of likely N-dealkylation sites (tertiary alicyclic amines) is 1. The molecule has 2 aromatic heterocycles. The van der Waals surface area contributed by atoms with Crippen LogP contribution in [0.5, 0.6) is 0 Å². The number of aromatic nitrogens is 3. The third-order valence-corrected chi connectivity index (χ3v) is 6.94. The van der Waals surface area contributed by atoms with Crippen LogP contribution in [0.3, 0.4) is 0 Å². The van der Waals surface area contributed by atoms with E-state index in [2.05, 4.69) is 14.7 Å². The minimum absolute atomic E-state index is 0.206. The normalized spacial score (nSPS) is 15.8. The van der Waals surface area contributed by atoms with Crippen molar-refractivity contribution in [2.75, 3.05) is 19.3 Å². The summed E-state index contributed by atoms with van der Waals surface area (Å²) in [5.41, 5.74) is 9.07. The van der Waals surface area contributed by atoms with E-state index in [1.807, 2.05) is 6.92 Å². The second-order valence-electron chi connectivity index (χ2n) is 8.58. The van der Waals surface area contributed by atoms with Gasteiger partial charge in [-0.15, -0.1) is 0 Å². The molecule has 11 nitrogen and oxygen atoms in total. The third kappa shape index (κ3) is 7.36. The van der Waals surface area contributed by atoms with E-state index in [0.29, 0.717) is 45.7 Å². The van der Waals surface area contributed by atoms with Crippen molar-refractivity contribution >= 4 is 50.9 Å². The maximum atomic E-state index is 13.1. The van der Waals surface area contributed by atoms with E-state index in [1.165, 1.54) is 0 Å². The third-order valence-electron chi connectivity index (χ3n) is 5.63. The molecule has 4 rings (SSSR count). The van der Waals surface area contributed by atoms with Crippen LogP contribution in [0.15, 0.2) is 24.4 Å². The van der Waals surface area contributed by atoms with Crippen LogP contribution in [0.4, 0.5) is 13.2 Å². The molecule has 0 spiro atoms. The number of imidazole rings is 1. The Balaban J connectivity index is 0.000000532. The summed E-state index contributed by atoms with van der Waals surface area (Å²) >= 11 is 12.5. The van der Waals surface area contributed by atoms with Crippen LogP contribution in [0, 0.1) is 6.92 Å². The van der Waals surface area contributed by atoms with Crippen molar-refractivity contribution in [1.82, 2.24) is 24.0 Å². The van der Waals surface area contributed by atoms with Crippen molar-refractivity contribution < 1.29 is 36.3 Å². The van der Waals surface area contributed by atoms with Gasteiger partial charge in [0, 0.05) is 53.7 Å². The molecule has 1 fully saturated rings. The number of halogens is 5. The number of hydrogen-bond donors (Lipinski definition) is 3. The number of nitrogens with two attached hydrogens (primary N) is 1. The number of alkyl halides is 3. The number of benzene rings is 1. The fourth-order valence-corrected chi connectivity index (χ4v) is 5.27. The van der Waals surface area contributed by atoms with Gasteiger partial charge in [-0.1, -0.05) is 23.2 Å². The number of hydrogen-bond acceptors (Lipinski definition) is 7. The molecule has 0 saturated carbocycles. The zero-order valence-electron chi connectivity index (χ0n) is 20.5. The fourth-order valence-electron chi connectivity index (χ4n) is 3.98. The van der Waals surface area contributed by atoms with Crippen LogP contribution in [-0.2, 0) is 21.4 Å². The number of nitrogens with one attached hydrogen (secondary N) is 1. The lowest BCUT2D eigenvalue weighted by molar-refractivity contribution is -0.192. The molecule has 3 aromatic rings. The van der Waals surface area contributed by atoms with Gasteiger partial charge in [-0.05, 0) is 31.5 Å². The first-order chi connectivity index (χ1) is 18.0. The van der Waals surface area contributed by atoms with Crippen molar-refractivity contribution in [2.24, 2.45) is 5.73 Å². The van der Waals surface area contributed by atoms with Crippen molar-refractivity contribution in [3.8, 4) is 11.3 Å². The molecule has 1 aliphatic rings. The molecule has 1 aromatic carbocycles. The number of sulfonamides is 1. The Morgan fingerprint density at radius 3 is 2.44 bits per heavy atom. The van der Waals surface area contributed by atoms with Crippen LogP contribution in [-0.4, -0.2) is 76.2 Å². The van der Waals surface area contributed by atoms with Gasteiger partial charge in [0.15, 0.2) is 0 Å². The molecule has 4 N–H and O–H groups in total. The second kappa shape index (κ2) is 11.6. The molecule has 1 atom stereocenters. The summed E-state index contributed by atoms with van der Waals surface area (Å²) in [6, 6.07) is 4.84. The molecule has 17 heteroatoms. The van der Waals surface area contributed by atoms with E-state index in [0.717, 1.165) is 11.8 Å². The lowest BCUT2D eigenvalue weighted by atomic mass is 10.0. The first-order valence-corrected chi connectivity index (χ1v) is 13.8. The highest BCUT2D eigenvalue weighted by atomic mass is 35.5. The van der Waals surface area contributed by atoms with Gasteiger partial charge in [0.25, 0.3) is 5.91 Å². The van der Waals surface area contributed by atoms with Gasteiger partial charge < -0.3 is 15.7 Å². The maximum absolute atomic E-state index is 13.1. The lowest BCUT2D eigenvalue weighted by Crippen LogP contribution is -2.37. The number of carbonyl (C=O) groups excluding carboxylic acids is 1. The predicted octanol–water partition coefficient (Wildman–Crippen LogP) is 2.87. The van der Waals surface area contributed by atoms with Gasteiger partial charge in [-0.25, -0.2) is 27.9 Å². The Hall–Kier alpha value is -2.98. The standard InChI is InChI=1S/C20H22Cl2N6O3S.C2HF3O2/c1-11-15(8-23)18(14-4-3-12(21)7-16(14)22)28-10-17(25-20(28)24-11)19(29)27-6-5-13(9-27)26-32(2,30)31;3-2(4,5)1(6)7/h3-4,7,10,13,26H,5-6,8-9,23H2,1-2H3;(H,6,7)/t13-;/m0./s1. The van der Waals surface area contributed by atoms with Crippen LogP contribution in [0.1, 0.15) is 28.2 Å². The molecule has 0 bridgehead atoms. The Labute approximate surface area is 230 Å². The lowest BCUT2D eigenvalue weighted by Gasteiger charge is -2.15. The number of carboxylic acid groups (broad SMARTS) is 1. The summed E-state index contributed by atoms with van der Waals surface area (Å²) in [4.78, 5) is 32.5. The fraction of sp³-hybridized carbons (Fsp3) is 0.364. The molecule has 0 radical (unpaired) electrons. The SMILES string of the molecule is Cc1nc2nc(C(=O)N3CC[C@H](NS(C)(=O)=O)C3)cn2c(-c2ccc(Cl)cc2Cl)c1CN.O=C(O)C(F)(F)F. The maximum Gasteiger partial charge on any atom is 0.490 e. The highest BCUT2D eigenvalue weighted by Crippen LogP contribution is 2.34. The smallest absolute Gasteiger partial charge is 0.475 e. The monoisotopic (exact) mass is 610 g/mol. The largest absolute Gasteiger partial charge is 0.490 e. The van der Waals surface area contributed by atoms with Crippen molar-refractivity contribution in [2.45, 2.75) is 32.1 Å². The van der Waals surface area contributed by atoms with Gasteiger partial charge >= 0.3 is 12.1 Å². The number of rotatable bonds is 5. The van der Waals surface area contributed by atoms with E-state index in [-0.39, 0.29) is 30.7 Å². The zero-order valence-corrected chi connectivity index (χ0v) is 22.8. The van der Waals surface area contributed by atoms with Crippen LogP contribution < -0.4 is 10.5 Å². The van der Waals surface area contributed by atoms with E-state index in [1.54, 1.807) is 33.7 Å². The molecule has 39 heavy (non-hydrogen) atoms. The minimum atomic E-state index is -5.08. The summed E-state index contributed by atoms with van der Waals surface area (Å²) in [5.74, 6) is -2.71. The van der Waals surface area contributed by atoms with Crippen LogP contribution >= 0.6 is 23.2 Å². The molecule has 1 aliphatic heterocycles. The number of nitrogens with zero attached hydrogens (tertiary/aromatic N) is 4. The minimum Gasteiger partial charge on any atom is -0.475 e. The van der Waals surface area contributed by atoms with Crippen molar-refractivity contribution in [1.29, 1.82) is 0 Å². The average Bonchev–Trinajstić information content (AvgIpc) is 3.43. The summed E-state index contributed by atoms with van der Waals surface area (Å²) in [5, 5.41) is 8.07. The van der Waals surface area contributed by atoms with Gasteiger partial charge in [0.05, 0.1) is 17.0 Å². The van der Waals surface area contributed by atoms with Crippen molar-refractivity contribution in [3.63, 3.8) is 0 Å². The number of aryl methyl sites for hydroxylation is 1. The Bertz CT molecular complexity index is 1530. The number of fused-ring (bicyclic) bond motifs is 1. The second-order valence-corrected chi connectivity index (χ2v) is 11.2. The molecule has 0 unspecified atom stereocenters. The number of amides is 1. The van der Waals surface area contributed by atoms with E-state index in [4.69, 9.17) is 38.8 Å². The van der Waals surface area contributed by atoms with Crippen LogP contribution in [0.2, 0.25) is 10.0 Å². The molecule has 1 amide bonds. The van der Waals surface area contributed by atoms with E-state index in [9.17, 15) is 26.4 Å². The van der Waals surface area contributed by atoms with Crippen molar-refractivity contribution in [3.05, 3.63) is 51.4 Å². The molecular formula is C22H23Cl2F3N6O5S. The van der Waals surface area contributed by atoms with Gasteiger partial charge in [-0.3, -0.25) is 9.20 Å². The Kier molecular flexibility index (Phi) is 9.12. The summed E-state index contributed by atoms with van der Waals surface area (Å²) in [7, 11) is -3.35. The number of carboxylic acids is 1. The van der Waals surface area contributed by atoms with Gasteiger partial charge in [0.2, 0.25) is 15.8 Å². The summed E-state index contributed by atoms with van der Waals surface area (Å²) < 4.78 is 59.0. The Morgan fingerprint density at radius 2 is 1.90 bits per heavy atom. The van der Waals surface area contributed by atoms with E-state index < -0.39 is 22.2 Å². The zero-order chi connectivity index (χ0) is 29.3. The van der Waals surface area contributed by atoms with Gasteiger partial charge in [-0.2, -0.15) is 13.2 Å². The first kappa shape index (κ1) is 30.6. The first-order valence-electron chi connectivity index (χ1n) is 11.1. The topological polar surface area (TPSA) is 160 Å². The quantitative estimate of drug-likeness (QED) is 0.397. The molecule has 1 saturated heterocycles. The highest BCUT2D eigenvalue weighted by Gasteiger charge is 2.38. The average molecular weight is 611 g/mol. The summed E-state index contributed by atoms with van der Waals surface area (Å²) in [6.07, 6.45) is -1.83.